The molecule has 2 nitrogen and oxygen atoms in total. The predicted molar refractivity (Wildman–Crippen MR) is 73.0 cm³/mol. The molecule has 0 amide bonds. The first kappa shape index (κ1) is 16.3. The Kier molecular flexibility index (Phi) is 5.70. The summed E-state index contributed by atoms with van der Waals surface area (Å²) >= 11 is -0.101. The molecule has 0 radical (unpaired) electrons. The number of hydrogen-bond donors (Lipinski definition) is 1. The third-order valence-corrected chi connectivity index (χ3v) is 3.77. The molecule has 108 valence electrons. The molecule has 19 heavy (non-hydrogen) atoms. The fourth-order valence-corrected chi connectivity index (χ4v) is 2.33. The minimum absolute atomic E-state index is 0.0185. The average Bonchev–Trinajstić information content (AvgIpc) is 2.30. The molecule has 1 unspecified atom stereocenters. The van der Waals surface area contributed by atoms with Gasteiger partial charge in [-0.2, -0.15) is 13.2 Å². The van der Waals surface area contributed by atoms with Gasteiger partial charge in [0, 0.05) is 23.5 Å². The van der Waals surface area contributed by atoms with Crippen molar-refractivity contribution in [2.24, 2.45) is 5.73 Å². The molecule has 0 aliphatic rings. The summed E-state index contributed by atoms with van der Waals surface area (Å²) in [6, 6.07) is 6.74. The number of benzene rings is 1. The molecular weight excluding hydrogens is 273 g/mol. The van der Waals surface area contributed by atoms with Crippen LogP contribution in [0.5, 0.6) is 0 Å². The summed E-state index contributed by atoms with van der Waals surface area (Å²) in [6.07, 6.45) is 0. The van der Waals surface area contributed by atoms with Crippen molar-refractivity contribution in [3.8, 4) is 0 Å². The van der Waals surface area contributed by atoms with E-state index in [1.165, 1.54) is 12.1 Å². The third-order valence-electron chi connectivity index (χ3n) is 3.03. The Labute approximate surface area is 116 Å². The van der Waals surface area contributed by atoms with E-state index in [-0.39, 0.29) is 22.7 Å². The van der Waals surface area contributed by atoms with Crippen molar-refractivity contribution < 1.29 is 13.2 Å². The van der Waals surface area contributed by atoms with Crippen LogP contribution in [0.3, 0.4) is 0 Å². The quantitative estimate of drug-likeness (QED) is 0.840. The monoisotopic (exact) mass is 292 g/mol. The van der Waals surface area contributed by atoms with E-state index in [4.69, 9.17) is 5.73 Å². The summed E-state index contributed by atoms with van der Waals surface area (Å²) in [5.74, 6) is 0. The van der Waals surface area contributed by atoms with E-state index < -0.39 is 5.51 Å². The van der Waals surface area contributed by atoms with Gasteiger partial charge in [0.15, 0.2) is 0 Å². The van der Waals surface area contributed by atoms with Gasteiger partial charge < -0.3 is 5.73 Å². The van der Waals surface area contributed by atoms with Crippen molar-refractivity contribution in [1.29, 1.82) is 0 Å². The van der Waals surface area contributed by atoms with E-state index >= 15 is 0 Å². The number of thioether (sulfide) groups is 1. The normalized spacial score (nSPS) is 14.2. The SMILES string of the molecule is CC(C)N(C)C(CN)c1ccc(SC(F)(F)F)cc1. The van der Waals surface area contributed by atoms with Crippen LogP contribution >= 0.6 is 11.8 Å². The molecule has 1 aromatic rings. The molecule has 0 aliphatic carbocycles. The molecule has 2 N–H and O–H groups in total. The molecule has 0 saturated carbocycles. The lowest BCUT2D eigenvalue weighted by molar-refractivity contribution is -0.0328. The number of alkyl halides is 3. The minimum Gasteiger partial charge on any atom is -0.329 e. The summed E-state index contributed by atoms with van der Waals surface area (Å²) in [5, 5.41) is 0. The zero-order valence-electron chi connectivity index (χ0n) is 11.2. The van der Waals surface area contributed by atoms with Gasteiger partial charge in [-0.1, -0.05) is 12.1 Å². The molecule has 0 fully saturated rings. The van der Waals surface area contributed by atoms with Crippen LogP contribution in [-0.2, 0) is 0 Å². The second-order valence-electron chi connectivity index (χ2n) is 4.63. The average molecular weight is 292 g/mol. The first-order valence-corrected chi connectivity index (χ1v) is 6.84. The van der Waals surface area contributed by atoms with E-state index in [1.807, 2.05) is 7.05 Å². The van der Waals surface area contributed by atoms with Crippen molar-refractivity contribution in [1.82, 2.24) is 4.90 Å². The van der Waals surface area contributed by atoms with E-state index in [1.54, 1.807) is 12.1 Å². The van der Waals surface area contributed by atoms with E-state index in [2.05, 4.69) is 18.7 Å². The van der Waals surface area contributed by atoms with E-state index in [0.717, 1.165) is 5.56 Å². The zero-order chi connectivity index (χ0) is 14.6. The molecule has 0 heterocycles. The van der Waals surface area contributed by atoms with Crippen molar-refractivity contribution in [3.05, 3.63) is 29.8 Å². The van der Waals surface area contributed by atoms with Gasteiger partial charge in [0.2, 0.25) is 0 Å². The van der Waals surface area contributed by atoms with Crippen LogP contribution in [0.4, 0.5) is 13.2 Å². The summed E-state index contributed by atoms with van der Waals surface area (Å²) in [6.45, 7) is 4.54. The highest BCUT2D eigenvalue weighted by Gasteiger charge is 2.29. The van der Waals surface area contributed by atoms with E-state index in [9.17, 15) is 13.2 Å². The molecule has 1 aromatic carbocycles. The lowest BCUT2D eigenvalue weighted by Crippen LogP contribution is -2.35. The Hall–Kier alpha value is -0.720. The molecule has 1 atom stereocenters. The third kappa shape index (κ3) is 5.04. The number of likely N-dealkylation sites (N-methyl/N-ethyl adjacent to an activating group) is 1. The lowest BCUT2D eigenvalue weighted by atomic mass is 10.0. The lowest BCUT2D eigenvalue weighted by Gasteiger charge is -2.30. The molecule has 0 bridgehead atoms. The van der Waals surface area contributed by atoms with Crippen LogP contribution in [0, 0.1) is 0 Å². The molecule has 0 spiro atoms. The Bertz CT molecular complexity index is 390. The Morgan fingerprint density at radius 2 is 1.74 bits per heavy atom. The number of nitrogens with zero attached hydrogens (tertiary/aromatic N) is 1. The van der Waals surface area contributed by atoms with Crippen LogP contribution in [-0.4, -0.2) is 30.0 Å². The Balaban J connectivity index is 2.85. The predicted octanol–water partition coefficient (Wildman–Crippen LogP) is 3.64. The minimum atomic E-state index is -4.25. The molecule has 0 aliphatic heterocycles. The maximum absolute atomic E-state index is 12.2. The second-order valence-corrected chi connectivity index (χ2v) is 5.77. The van der Waals surface area contributed by atoms with E-state index in [0.29, 0.717) is 12.6 Å². The Morgan fingerprint density at radius 1 is 1.21 bits per heavy atom. The molecule has 1 rings (SSSR count). The van der Waals surface area contributed by atoms with Gasteiger partial charge >= 0.3 is 5.51 Å². The highest BCUT2D eigenvalue weighted by molar-refractivity contribution is 8.00. The van der Waals surface area contributed by atoms with Crippen LogP contribution in [0.2, 0.25) is 0 Å². The second kappa shape index (κ2) is 6.63. The van der Waals surface area contributed by atoms with Gasteiger partial charge in [-0.3, -0.25) is 4.90 Å². The summed E-state index contributed by atoms with van der Waals surface area (Å²) in [4.78, 5) is 2.30. The van der Waals surface area contributed by atoms with Crippen molar-refractivity contribution in [2.75, 3.05) is 13.6 Å². The molecule has 0 saturated heterocycles. The van der Waals surface area contributed by atoms with Gasteiger partial charge in [0.1, 0.15) is 0 Å². The first-order chi connectivity index (χ1) is 8.74. The highest BCUT2D eigenvalue weighted by Crippen LogP contribution is 2.37. The largest absolute Gasteiger partial charge is 0.446 e. The number of rotatable bonds is 5. The van der Waals surface area contributed by atoms with Gasteiger partial charge in [0.05, 0.1) is 0 Å². The first-order valence-electron chi connectivity index (χ1n) is 6.02. The van der Waals surface area contributed by atoms with Gasteiger partial charge in [-0.25, -0.2) is 0 Å². The topological polar surface area (TPSA) is 29.3 Å². The fraction of sp³-hybridized carbons (Fsp3) is 0.538. The summed E-state index contributed by atoms with van der Waals surface area (Å²) < 4.78 is 36.7. The maximum Gasteiger partial charge on any atom is 0.446 e. The zero-order valence-corrected chi connectivity index (χ0v) is 12.1. The molecule has 6 heteroatoms. The van der Waals surface area contributed by atoms with Crippen molar-refractivity contribution in [2.45, 2.75) is 36.3 Å². The van der Waals surface area contributed by atoms with Crippen LogP contribution < -0.4 is 5.73 Å². The van der Waals surface area contributed by atoms with Gasteiger partial charge in [0.25, 0.3) is 0 Å². The van der Waals surface area contributed by atoms with Crippen molar-refractivity contribution >= 4 is 11.8 Å². The Morgan fingerprint density at radius 3 is 2.11 bits per heavy atom. The standard InChI is InChI=1S/C13H19F3N2S/c1-9(2)18(3)12(8-17)10-4-6-11(7-5-10)19-13(14,15)16/h4-7,9,12H,8,17H2,1-3H3. The maximum atomic E-state index is 12.2. The number of nitrogens with two attached hydrogens (primary N) is 1. The fourth-order valence-electron chi connectivity index (χ4n) is 1.79. The summed E-state index contributed by atoms with van der Waals surface area (Å²) in [5.41, 5.74) is 2.45. The van der Waals surface area contributed by atoms with Gasteiger partial charge in [-0.05, 0) is 50.4 Å². The molecular formula is C13H19F3N2S. The number of halogens is 3. The van der Waals surface area contributed by atoms with Crippen molar-refractivity contribution in [3.63, 3.8) is 0 Å². The number of hydrogen-bond acceptors (Lipinski definition) is 3. The van der Waals surface area contributed by atoms with Crippen LogP contribution in [0.15, 0.2) is 29.2 Å². The summed E-state index contributed by atoms with van der Waals surface area (Å²) in [7, 11) is 1.96. The van der Waals surface area contributed by atoms with Crippen LogP contribution in [0.1, 0.15) is 25.5 Å². The smallest absolute Gasteiger partial charge is 0.329 e. The highest BCUT2D eigenvalue weighted by atomic mass is 32.2. The van der Waals surface area contributed by atoms with Gasteiger partial charge in [-0.15, -0.1) is 0 Å². The molecule has 0 aromatic heterocycles. The van der Waals surface area contributed by atoms with Crippen LogP contribution in [0.25, 0.3) is 0 Å².